The molecule has 1 aromatic carbocycles. The number of aryl methyl sites for hydroxylation is 1. The van der Waals surface area contributed by atoms with Gasteiger partial charge in [-0.1, -0.05) is 41.6 Å². The number of rotatable bonds is 7. The molecule has 5 nitrogen and oxygen atoms in total. The summed E-state index contributed by atoms with van der Waals surface area (Å²) in [7, 11) is 1.66. The fraction of sp³-hybridized carbons (Fsp3) is 0.400. The summed E-state index contributed by atoms with van der Waals surface area (Å²) in [5.74, 6) is 0. The number of hydrogen-bond donors (Lipinski definition) is 0. The van der Waals surface area contributed by atoms with E-state index in [0.717, 1.165) is 10.7 Å². The zero-order valence-corrected chi connectivity index (χ0v) is 13.0. The minimum absolute atomic E-state index is 0.182. The Morgan fingerprint density at radius 2 is 2.14 bits per heavy atom. The normalized spacial score (nSPS) is 12.0. The van der Waals surface area contributed by atoms with Crippen LogP contribution in [0.5, 0.6) is 0 Å². The Balaban J connectivity index is 2.01. The van der Waals surface area contributed by atoms with Crippen molar-refractivity contribution in [3.8, 4) is 6.07 Å². The van der Waals surface area contributed by atoms with E-state index in [2.05, 4.69) is 47.5 Å². The van der Waals surface area contributed by atoms with Gasteiger partial charge >= 0.3 is 0 Å². The van der Waals surface area contributed by atoms with Crippen molar-refractivity contribution in [2.45, 2.75) is 30.3 Å². The van der Waals surface area contributed by atoms with E-state index in [1.54, 1.807) is 13.4 Å². The number of aromatic nitrogens is 3. The van der Waals surface area contributed by atoms with Gasteiger partial charge in [-0.3, -0.25) is 0 Å². The monoisotopic (exact) mass is 302 g/mol. The lowest BCUT2D eigenvalue weighted by atomic mass is 10.1. The van der Waals surface area contributed by atoms with E-state index < -0.39 is 0 Å². The van der Waals surface area contributed by atoms with Crippen LogP contribution in [-0.4, -0.2) is 33.7 Å². The molecule has 0 amide bonds. The first kappa shape index (κ1) is 15.5. The van der Waals surface area contributed by atoms with Crippen molar-refractivity contribution in [2.24, 2.45) is 0 Å². The van der Waals surface area contributed by atoms with Crippen LogP contribution in [0.15, 0.2) is 35.7 Å². The molecule has 0 N–H and O–H groups in total. The van der Waals surface area contributed by atoms with Crippen molar-refractivity contribution < 1.29 is 4.74 Å². The predicted octanol–water partition coefficient (Wildman–Crippen LogP) is 2.46. The summed E-state index contributed by atoms with van der Waals surface area (Å²) in [6, 6.07) is 10.6. The molecule has 21 heavy (non-hydrogen) atoms. The molecule has 0 unspecified atom stereocenters. The molecule has 0 saturated heterocycles. The number of nitrogens with zero attached hydrogens (tertiary/aromatic N) is 4. The molecular weight excluding hydrogens is 284 g/mol. The van der Waals surface area contributed by atoms with Gasteiger partial charge in [0.25, 0.3) is 0 Å². The van der Waals surface area contributed by atoms with Crippen LogP contribution >= 0.6 is 11.8 Å². The largest absolute Gasteiger partial charge is 0.383 e. The van der Waals surface area contributed by atoms with Crippen LogP contribution in [0.25, 0.3) is 0 Å². The Labute approximate surface area is 128 Å². The molecule has 6 heteroatoms. The summed E-state index contributed by atoms with van der Waals surface area (Å²) < 4.78 is 6.97. The molecular formula is C15H18N4OS. The average molecular weight is 302 g/mol. The molecule has 1 atom stereocenters. The van der Waals surface area contributed by atoms with Gasteiger partial charge in [-0.25, -0.2) is 0 Å². The molecule has 0 spiro atoms. The van der Waals surface area contributed by atoms with E-state index in [4.69, 9.17) is 4.74 Å². The minimum atomic E-state index is -0.182. The Kier molecular flexibility index (Phi) is 5.78. The smallest absolute Gasteiger partial charge is 0.192 e. The highest BCUT2D eigenvalue weighted by molar-refractivity contribution is 8.00. The lowest BCUT2D eigenvalue weighted by Gasteiger charge is -2.10. The van der Waals surface area contributed by atoms with Crippen molar-refractivity contribution in [1.82, 2.24) is 14.8 Å². The van der Waals surface area contributed by atoms with Gasteiger partial charge in [0, 0.05) is 13.7 Å². The first-order valence-corrected chi connectivity index (χ1v) is 7.59. The van der Waals surface area contributed by atoms with Crippen LogP contribution < -0.4 is 0 Å². The Morgan fingerprint density at radius 1 is 1.38 bits per heavy atom. The van der Waals surface area contributed by atoms with Gasteiger partial charge in [0.1, 0.15) is 11.6 Å². The molecule has 0 aliphatic rings. The maximum Gasteiger partial charge on any atom is 0.192 e. The molecule has 1 aromatic heterocycles. The third kappa shape index (κ3) is 4.59. The fourth-order valence-electron chi connectivity index (χ4n) is 1.86. The summed E-state index contributed by atoms with van der Waals surface area (Å²) in [6.45, 7) is 3.34. The number of nitriles is 1. The van der Waals surface area contributed by atoms with E-state index >= 15 is 0 Å². The molecule has 0 bridgehead atoms. The van der Waals surface area contributed by atoms with Crippen molar-refractivity contribution in [3.63, 3.8) is 0 Å². The molecule has 0 aliphatic heterocycles. The van der Waals surface area contributed by atoms with E-state index in [-0.39, 0.29) is 5.25 Å². The summed E-state index contributed by atoms with van der Waals surface area (Å²) in [6.07, 6.45) is 2.36. The predicted molar refractivity (Wildman–Crippen MR) is 82.0 cm³/mol. The highest BCUT2D eigenvalue weighted by Crippen LogP contribution is 2.23. The summed E-state index contributed by atoms with van der Waals surface area (Å²) in [5, 5.41) is 17.9. The maximum absolute atomic E-state index is 9.35. The second-order valence-electron chi connectivity index (χ2n) is 4.73. The molecule has 110 valence electrons. The van der Waals surface area contributed by atoms with Crippen LogP contribution in [0.2, 0.25) is 0 Å². The maximum atomic E-state index is 9.35. The first-order chi connectivity index (χ1) is 10.2. The van der Waals surface area contributed by atoms with Crippen LogP contribution in [-0.2, 0) is 17.7 Å². The van der Waals surface area contributed by atoms with Gasteiger partial charge in [-0.05, 0) is 18.9 Å². The Hall–Kier alpha value is -1.84. The van der Waals surface area contributed by atoms with Crippen LogP contribution in [0, 0.1) is 18.3 Å². The van der Waals surface area contributed by atoms with Gasteiger partial charge < -0.3 is 9.30 Å². The Morgan fingerprint density at radius 3 is 2.81 bits per heavy atom. The molecule has 0 fully saturated rings. The zero-order chi connectivity index (χ0) is 15.1. The molecule has 2 rings (SSSR count). The second-order valence-corrected chi connectivity index (χ2v) is 5.89. The quantitative estimate of drug-likeness (QED) is 0.735. The third-order valence-corrected chi connectivity index (χ3v) is 4.13. The highest BCUT2D eigenvalue weighted by atomic mass is 32.2. The van der Waals surface area contributed by atoms with Gasteiger partial charge in [-0.2, -0.15) is 5.26 Å². The first-order valence-electron chi connectivity index (χ1n) is 6.71. The molecule has 0 aliphatic carbocycles. The fourth-order valence-corrected chi connectivity index (χ4v) is 2.81. The Bertz CT molecular complexity index is 603. The second kappa shape index (κ2) is 7.81. The highest BCUT2D eigenvalue weighted by Gasteiger charge is 2.15. The van der Waals surface area contributed by atoms with Crippen LogP contribution in [0.3, 0.4) is 0 Å². The van der Waals surface area contributed by atoms with Crippen LogP contribution in [0.1, 0.15) is 11.1 Å². The standard InChI is InChI=1S/C15H18N4OS/c1-12-3-5-13(6-4-12)9-14(10-16)21-15-18-17-11-19(15)7-8-20-2/h3-6,11,14H,7-9H2,1-2H3/t14-/m0/s1. The van der Waals surface area contributed by atoms with Crippen molar-refractivity contribution >= 4 is 11.8 Å². The number of thioether (sulfide) groups is 1. The summed E-state index contributed by atoms with van der Waals surface area (Å²) in [5.41, 5.74) is 2.38. The summed E-state index contributed by atoms with van der Waals surface area (Å²) in [4.78, 5) is 0. The zero-order valence-electron chi connectivity index (χ0n) is 12.2. The molecule has 1 heterocycles. The number of methoxy groups -OCH3 is 1. The molecule has 2 aromatic rings. The lowest BCUT2D eigenvalue weighted by molar-refractivity contribution is 0.184. The summed E-state index contributed by atoms with van der Waals surface area (Å²) >= 11 is 1.44. The number of ether oxygens (including phenoxy) is 1. The van der Waals surface area contributed by atoms with Gasteiger partial charge in [-0.15, -0.1) is 10.2 Å². The average Bonchev–Trinajstić information content (AvgIpc) is 2.93. The van der Waals surface area contributed by atoms with Crippen LogP contribution in [0.4, 0.5) is 0 Å². The van der Waals surface area contributed by atoms with Crippen molar-refractivity contribution in [3.05, 3.63) is 41.7 Å². The van der Waals surface area contributed by atoms with E-state index in [1.165, 1.54) is 17.3 Å². The minimum Gasteiger partial charge on any atom is -0.383 e. The van der Waals surface area contributed by atoms with Gasteiger partial charge in [0.05, 0.1) is 12.7 Å². The molecule has 0 radical (unpaired) electrons. The van der Waals surface area contributed by atoms with E-state index in [1.807, 2.05) is 4.57 Å². The van der Waals surface area contributed by atoms with Crippen molar-refractivity contribution in [1.29, 1.82) is 5.26 Å². The lowest BCUT2D eigenvalue weighted by Crippen LogP contribution is -2.09. The molecule has 0 saturated carbocycles. The van der Waals surface area contributed by atoms with Crippen molar-refractivity contribution in [2.75, 3.05) is 13.7 Å². The third-order valence-electron chi connectivity index (χ3n) is 3.05. The topological polar surface area (TPSA) is 63.7 Å². The SMILES string of the molecule is COCCn1cnnc1S[C@H](C#N)Cc1ccc(C)cc1. The van der Waals surface area contributed by atoms with E-state index in [9.17, 15) is 5.26 Å². The number of hydrogen-bond acceptors (Lipinski definition) is 5. The number of benzene rings is 1. The van der Waals surface area contributed by atoms with Gasteiger partial charge in [0.15, 0.2) is 5.16 Å². The van der Waals surface area contributed by atoms with E-state index in [0.29, 0.717) is 19.6 Å². The van der Waals surface area contributed by atoms with Gasteiger partial charge in [0.2, 0.25) is 0 Å².